The highest BCUT2D eigenvalue weighted by molar-refractivity contribution is 6.37. The number of hydrogen-bond acceptors (Lipinski definition) is 11. The molecule has 0 radical (unpaired) electrons. The van der Waals surface area contributed by atoms with Crippen molar-refractivity contribution in [2.24, 2.45) is 17.6 Å². The number of nitrogens with zero attached hydrogens (tertiary/aromatic N) is 5. The largest absolute Gasteiger partial charge is 0.445 e. The van der Waals surface area contributed by atoms with Crippen LogP contribution in [0.2, 0.25) is 0 Å². The quantitative estimate of drug-likeness (QED) is 0.0521. The lowest BCUT2D eigenvalue weighted by molar-refractivity contribution is -0.143. The molecular formula is C46H58N8O8. The summed E-state index contributed by atoms with van der Waals surface area (Å²) in [6.07, 6.45) is 11.2. The van der Waals surface area contributed by atoms with E-state index in [0.29, 0.717) is 30.5 Å². The van der Waals surface area contributed by atoms with E-state index in [2.05, 4.69) is 25.9 Å². The zero-order valence-corrected chi connectivity index (χ0v) is 35.5. The molecule has 1 saturated carbocycles. The van der Waals surface area contributed by atoms with Gasteiger partial charge in [0.2, 0.25) is 17.6 Å². The number of fused-ring (bicyclic) bond motifs is 1. The van der Waals surface area contributed by atoms with Gasteiger partial charge in [-0.3, -0.25) is 29.0 Å². The van der Waals surface area contributed by atoms with Crippen molar-refractivity contribution in [1.29, 1.82) is 0 Å². The van der Waals surface area contributed by atoms with Crippen molar-refractivity contribution >= 4 is 46.2 Å². The summed E-state index contributed by atoms with van der Waals surface area (Å²) in [5, 5.41) is 26.4. The number of amides is 4. The van der Waals surface area contributed by atoms with E-state index in [1.807, 2.05) is 48.5 Å². The summed E-state index contributed by atoms with van der Waals surface area (Å²) in [5.74, 6) is -3.55. The van der Waals surface area contributed by atoms with Crippen molar-refractivity contribution in [2.45, 2.75) is 121 Å². The Balaban J connectivity index is 1.18. The number of carbonyl (C=O) groups is 6. The second-order valence-electron chi connectivity index (χ2n) is 17.1. The molecule has 62 heavy (non-hydrogen) atoms. The van der Waals surface area contributed by atoms with Gasteiger partial charge in [0, 0.05) is 55.2 Å². The van der Waals surface area contributed by atoms with Crippen LogP contribution in [0.4, 0.5) is 4.79 Å². The summed E-state index contributed by atoms with van der Waals surface area (Å²) >= 11 is 0. The first-order valence-electron chi connectivity index (χ1n) is 21.7. The van der Waals surface area contributed by atoms with Crippen molar-refractivity contribution in [1.82, 2.24) is 35.5 Å². The van der Waals surface area contributed by atoms with Crippen LogP contribution < -0.4 is 16.4 Å². The van der Waals surface area contributed by atoms with Crippen LogP contribution in [-0.2, 0) is 36.1 Å². The summed E-state index contributed by atoms with van der Waals surface area (Å²) in [4.78, 5) is 86.3. The number of unbranched alkanes of at least 4 members (excludes halogenated alkanes) is 1. The standard InChI is InChI=1S/C46H58N8O8/c1-46(2,61)40-27-50-52-54(40)36-25-38(43(58)51-37(41(56)42(47)57)15-9-10-21-49-45(60)62-29-31-13-7-4-8-14-31)53(28-36)44(59)34(23-30-11-5-3-6-12-30)18-19-39(55)33-17-16-32-20-22-48-26-35(32)24-33/h4,7-8,13-14,16-17,20,22,24,26-27,30,34,36-38,61H,3,5-6,9-12,15,18-19,21,23,25,28-29H2,1-2H3,(H2,47,57)(H,49,60)(H,51,58)/t34-,36+,37?,38+/m1/s1. The molecule has 2 aromatic carbocycles. The Bertz CT molecular complexity index is 2200. The molecule has 0 spiro atoms. The van der Waals surface area contributed by atoms with Crippen LogP contribution in [0.5, 0.6) is 0 Å². The summed E-state index contributed by atoms with van der Waals surface area (Å²) in [6, 6.07) is 13.6. The van der Waals surface area contributed by atoms with Crippen LogP contribution in [0.3, 0.4) is 0 Å². The number of primary amides is 1. The molecule has 1 saturated heterocycles. The number of ether oxygens (including phenoxy) is 1. The number of alkyl carbamates (subject to hydrolysis) is 1. The first-order chi connectivity index (χ1) is 29.8. The second kappa shape index (κ2) is 21.2. The molecule has 2 aliphatic rings. The van der Waals surface area contributed by atoms with E-state index in [-0.39, 0.29) is 63.0 Å². The Morgan fingerprint density at radius 3 is 2.47 bits per heavy atom. The van der Waals surface area contributed by atoms with E-state index in [4.69, 9.17) is 10.5 Å². The minimum absolute atomic E-state index is 0.0432. The number of aliphatic hydroxyl groups is 1. The lowest BCUT2D eigenvalue weighted by Crippen LogP contribution is -2.53. The molecular weight excluding hydrogens is 793 g/mol. The average molecular weight is 851 g/mol. The van der Waals surface area contributed by atoms with Gasteiger partial charge < -0.3 is 31.1 Å². The zero-order chi connectivity index (χ0) is 44.2. The number of rotatable bonds is 20. The molecule has 0 bridgehead atoms. The Morgan fingerprint density at radius 1 is 0.952 bits per heavy atom. The minimum atomic E-state index is -1.34. The molecule has 6 rings (SSSR count). The van der Waals surface area contributed by atoms with E-state index in [1.165, 1.54) is 15.8 Å². The maximum absolute atomic E-state index is 15.0. The lowest BCUT2D eigenvalue weighted by atomic mass is 9.80. The van der Waals surface area contributed by atoms with Gasteiger partial charge in [0.15, 0.2) is 5.78 Å². The third-order valence-electron chi connectivity index (χ3n) is 12.1. The van der Waals surface area contributed by atoms with E-state index in [0.717, 1.165) is 48.4 Å². The molecule has 1 unspecified atom stereocenters. The number of likely N-dealkylation sites (tertiary alicyclic amines) is 1. The summed E-state index contributed by atoms with van der Waals surface area (Å²) < 4.78 is 6.78. The maximum atomic E-state index is 15.0. The lowest BCUT2D eigenvalue weighted by Gasteiger charge is -2.32. The molecule has 1 aliphatic carbocycles. The molecule has 5 N–H and O–H groups in total. The number of benzene rings is 2. The molecule has 16 nitrogen and oxygen atoms in total. The van der Waals surface area contributed by atoms with E-state index >= 15 is 0 Å². The number of Topliss-reactive ketones (excluding diaryl/α,β-unsaturated/α-hetero) is 2. The fourth-order valence-electron chi connectivity index (χ4n) is 8.69. The normalized spacial score (nSPS) is 17.9. The Kier molecular flexibility index (Phi) is 15.5. The Labute approximate surface area is 361 Å². The molecule has 2 fully saturated rings. The van der Waals surface area contributed by atoms with E-state index in [9.17, 15) is 33.9 Å². The summed E-state index contributed by atoms with van der Waals surface area (Å²) in [7, 11) is 0. The number of carbonyl (C=O) groups excluding carboxylic acids is 6. The van der Waals surface area contributed by atoms with Crippen molar-refractivity contribution in [2.75, 3.05) is 13.1 Å². The van der Waals surface area contributed by atoms with Crippen molar-refractivity contribution in [3.63, 3.8) is 0 Å². The van der Waals surface area contributed by atoms with Gasteiger partial charge in [-0.2, -0.15) is 0 Å². The third kappa shape index (κ3) is 12.1. The van der Waals surface area contributed by atoms with Gasteiger partial charge in [-0.05, 0) is 75.0 Å². The molecule has 1 aliphatic heterocycles. The second-order valence-corrected chi connectivity index (χ2v) is 17.1. The van der Waals surface area contributed by atoms with Gasteiger partial charge in [-0.1, -0.05) is 79.8 Å². The van der Waals surface area contributed by atoms with Crippen LogP contribution in [0.25, 0.3) is 10.8 Å². The molecule has 4 amide bonds. The van der Waals surface area contributed by atoms with Crippen molar-refractivity contribution in [3.8, 4) is 0 Å². The highest BCUT2D eigenvalue weighted by atomic mass is 16.5. The Morgan fingerprint density at radius 2 is 1.73 bits per heavy atom. The van der Waals surface area contributed by atoms with Crippen molar-refractivity contribution < 1.29 is 38.6 Å². The Hall–Kier alpha value is -6.03. The van der Waals surface area contributed by atoms with Gasteiger partial charge in [-0.15, -0.1) is 5.10 Å². The molecule has 16 heteroatoms. The number of pyridine rings is 1. The smallest absolute Gasteiger partial charge is 0.407 e. The van der Waals surface area contributed by atoms with Gasteiger partial charge in [0.1, 0.15) is 18.2 Å². The number of aromatic nitrogens is 4. The van der Waals surface area contributed by atoms with Crippen molar-refractivity contribution in [3.05, 3.63) is 90.0 Å². The molecule has 4 aromatic rings. The third-order valence-corrected chi connectivity index (χ3v) is 12.1. The van der Waals surface area contributed by atoms with Crippen LogP contribution in [0.15, 0.2) is 73.2 Å². The SMILES string of the molecule is CC(C)(O)c1cnnn1[C@H]1C[C@@H](C(=O)NC(CCCCNC(=O)OCc2ccccc2)C(=O)C(N)=O)N(C(=O)[C@H](CCC(=O)c2ccc3ccncc3c2)CC2CCCCC2)C1. The predicted octanol–water partition coefficient (Wildman–Crippen LogP) is 5.08. The number of nitrogens with two attached hydrogens (primary N) is 1. The fourth-order valence-corrected chi connectivity index (χ4v) is 8.69. The number of nitrogens with one attached hydrogen (secondary N) is 2. The van der Waals surface area contributed by atoms with Crippen LogP contribution in [0.1, 0.15) is 119 Å². The first kappa shape index (κ1) is 45.5. The van der Waals surface area contributed by atoms with Gasteiger partial charge in [0.05, 0.1) is 24.0 Å². The van der Waals surface area contributed by atoms with Crippen LogP contribution >= 0.6 is 0 Å². The van der Waals surface area contributed by atoms with Gasteiger partial charge in [0.25, 0.3) is 5.91 Å². The molecule has 2 aromatic heterocycles. The molecule has 4 atom stereocenters. The predicted molar refractivity (Wildman–Crippen MR) is 229 cm³/mol. The monoisotopic (exact) mass is 850 g/mol. The fraction of sp³-hybridized carbons (Fsp3) is 0.500. The zero-order valence-electron chi connectivity index (χ0n) is 35.5. The minimum Gasteiger partial charge on any atom is -0.445 e. The van der Waals surface area contributed by atoms with Gasteiger partial charge in [-0.25, -0.2) is 9.48 Å². The van der Waals surface area contributed by atoms with E-state index < -0.39 is 53.3 Å². The molecule has 330 valence electrons. The average Bonchev–Trinajstić information content (AvgIpc) is 3.96. The van der Waals surface area contributed by atoms with Gasteiger partial charge >= 0.3 is 6.09 Å². The van der Waals surface area contributed by atoms with Crippen LogP contribution in [0, 0.1) is 11.8 Å². The van der Waals surface area contributed by atoms with Crippen LogP contribution in [-0.4, -0.2) is 90.5 Å². The number of hydrogen-bond donors (Lipinski definition) is 4. The highest BCUT2D eigenvalue weighted by Crippen LogP contribution is 2.36. The molecule has 3 heterocycles. The summed E-state index contributed by atoms with van der Waals surface area (Å²) in [5.41, 5.74) is 5.86. The summed E-state index contributed by atoms with van der Waals surface area (Å²) in [6.45, 7) is 3.56. The topological polar surface area (TPSA) is 229 Å². The first-order valence-corrected chi connectivity index (χ1v) is 21.7. The number of ketones is 2. The maximum Gasteiger partial charge on any atom is 0.407 e. The highest BCUT2D eigenvalue weighted by Gasteiger charge is 2.45. The van der Waals surface area contributed by atoms with E-state index in [1.54, 1.807) is 32.3 Å².